The van der Waals surface area contributed by atoms with Crippen molar-refractivity contribution >= 4 is 34.1 Å². The number of primary amides is 1. The van der Waals surface area contributed by atoms with E-state index in [0.29, 0.717) is 12.2 Å². The van der Waals surface area contributed by atoms with Gasteiger partial charge >= 0.3 is 0 Å². The largest absolute Gasteiger partial charge is 0.365 e. The van der Waals surface area contributed by atoms with E-state index in [9.17, 15) is 9.18 Å². The van der Waals surface area contributed by atoms with Crippen LogP contribution in [-0.4, -0.2) is 28.5 Å². The summed E-state index contributed by atoms with van der Waals surface area (Å²) in [6.45, 7) is 4.27. The third kappa shape index (κ3) is 4.17. The average Bonchev–Trinajstić information content (AvgIpc) is 2.67. The minimum atomic E-state index is -0.776. The van der Waals surface area contributed by atoms with Crippen LogP contribution < -0.4 is 22.1 Å². The highest BCUT2D eigenvalue weighted by molar-refractivity contribution is 5.99. The van der Waals surface area contributed by atoms with Crippen LogP contribution in [0, 0.1) is 11.7 Å². The minimum absolute atomic E-state index is 0.0131. The number of hydrogen-bond acceptors (Lipinski definition) is 6. The maximum Gasteiger partial charge on any atom is 0.252 e. The molecule has 0 spiro atoms. The molecule has 1 amide bonds. The second kappa shape index (κ2) is 8.18. The fourth-order valence-electron chi connectivity index (χ4n) is 2.84. The van der Waals surface area contributed by atoms with Crippen molar-refractivity contribution in [2.24, 2.45) is 17.4 Å². The number of nitrogens with one attached hydrogen (secondary N) is 2. The van der Waals surface area contributed by atoms with Gasteiger partial charge in [0.2, 0.25) is 0 Å². The van der Waals surface area contributed by atoms with Crippen molar-refractivity contribution in [2.45, 2.75) is 19.9 Å². The smallest absolute Gasteiger partial charge is 0.252 e. The molecular formula is C20H23FN6O. The fraction of sp³-hybridized carbons (Fsp3) is 0.250. The Morgan fingerprint density at radius 2 is 2.00 bits per heavy atom. The molecule has 1 aromatic carbocycles. The van der Waals surface area contributed by atoms with Crippen molar-refractivity contribution in [1.82, 2.24) is 9.97 Å². The number of aromatic nitrogens is 2. The highest BCUT2D eigenvalue weighted by atomic mass is 19.1. The van der Waals surface area contributed by atoms with E-state index in [4.69, 9.17) is 11.5 Å². The Morgan fingerprint density at radius 3 is 2.68 bits per heavy atom. The molecule has 28 heavy (non-hydrogen) atoms. The second-order valence-corrected chi connectivity index (χ2v) is 6.85. The van der Waals surface area contributed by atoms with Crippen molar-refractivity contribution in [3.63, 3.8) is 0 Å². The topological polar surface area (TPSA) is 119 Å². The number of carbonyl (C=O) groups is 1. The molecule has 3 rings (SSSR count). The number of benzene rings is 1. The van der Waals surface area contributed by atoms with E-state index in [1.807, 2.05) is 38.1 Å². The first kappa shape index (κ1) is 19.5. The summed E-state index contributed by atoms with van der Waals surface area (Å²) < 4.78 is 14.5. The molecule has 6 N–H and O–H groups in total. The van der Waals surface area contributed by atoms with Gasteiger partial charge in [0.25, 0.3) is 5.91 Å². The van der Waals surface area contributed by atoms with Crippen LogP contribution in [0.2, 0.25) is 0 Å². The second-order valence-electron chi connectivity index (χ2n) is 6.85. The monoisotopic (exact) mass is 382 g/mol. The molecule has 0 aliphatic rings. The number of carbonyl (C=O) groups excluding carboxylic acids is 1. The van der Waals surface area contributed by atoms with Gasteiger partial charge in [-0.15, -0.1) is 0 Å². The summed E-state index contributed by atoms with van der Waals surface area (Å²) in [5.41, 5.74) is 12.6. The van der Waals surface area contributed by atoms with Gasteiger partial charge in [-0.25, -0.2) is 9.37 Å². The molecule has 2 heterocycles. The molecule has 0 saturated carbocycles. The van der Waals surface area contributed by atoms with Gasteiger partial charge in [-0.3, -0.25) is 9.78 Å². The fourth-order valence-corrected chi connectivity index (χ4v) is 2.84. The summed E-state index contributed by atoms with van der Waals surface area (Å²) in [6, 6.07) is 10.2. The predicted molar refractivity (Wildman–Crippen MR) is 109 cm³/mol. The van der Waals surface area contributed by atoms with Gasteiger partial charge in [0.15, 0.2) is 11.6 Å². The molecule has 0 aliphatic heterocycles. The standard InChI is InChI=1S/C20H23FN6O/c1-11(2)17(10-22)26-20-15(21)9-14(18(23)28)19(27-20)25-13-5-6-16-12(8-13)4-3-7-24-16/h3-9,11,17H,10,22H2,1-2H3,(H2,23,28)(H2,25,26,27)/t17-/m0/s1. The Kier molecular flexibility index (Phi) is 5.70. The molecule has 3 aromatic rings. The third-order valence-electron chi connectivity index (χ3n) is 4.49. The van der Waals surface area contributed by atoms with E-state index in [1.165, 1.54) is 0 Å². The van der Waals surface area contributed by atoms with Crippen LogP contribution in [0.15, 0.2) is 42.6 Å². The first-order chi connectivity index (χ1) is 13.4. The van der Waals surface area contributed by atoms with Gasteiger partial charge in [-0.1, -0.05) is 19.9 Å². The van der Waals surface area contributed by atoms with Crippen molar-refractivity contribution in [1.29, 1.82) is 0 Å². The lowest BCUT2D eigenvalue weighted by molar-refractivity contribution is 0.100. The van der Waals surface area contributed by atoms with Crippen molar-refractivity contribution in [3.05, 3.63) is 54.0 Å². The van der Waals surface area contributed by atoms with Crippen molar-refractivity contribution in [3.8, 4) is 0 Å². The molecule has 0 unspecified atom stereocenters. The summed E-state index contributed by atoms with van der Waals surface area (Å²) in [6.07, 6.45) is 1.71. The molecule has 0 saturated heterocycles. The Hall–Kier alpha value is -3.26. The van der Waals surface area contributed by atoms with Gasteiger partial charge in [0.05, 0.1) is 11.1 Å². The van der Waals surface area contributed by atoms with E-state index >= 15 is 0 Å². The normalized spacial score (nSPS) is 12.2. The van der Waals surface area contributed by atoms with Crippen LogP contribution in [0.3, 0.4) is 0 Å². The molecule has 1 atom stereocenters. The number of nitrogens with two attached hydrogens (primary N) is 2. The van der Waals surface area contributed by atoms with E-state index in [2.05, 4.69) is 20.6 Å². The number of amides is 1. The number of hydrogen-bond donors (Lipinski definition) is 4. The lowest BCUT2D eigenvalue weighted by Gasteiger charge is -2.22. The minimum Gasteiger partial charge on any atom is -0.365 e. The van der Waals surface area contributed by atoms with Gasteiger partial charge in [-0.05, 0) is 36.2 Å². The Balaban J connectivity index is 1.99. The molecule has 2 aromatic heterocycles. The molecule has 0 fully saturated rings. The summed E-state index contributed by atoms with van der Waals surface area (Å²) >= 11 is 0. The van der Waals surface area contributed by atoms with E-state index in [0.717, 1.165) is 17.0 Å². The van der Waals surface area contributed by atoms with E-state index in [1.54, 1.807) is 12.3 Å². The lowest BCUT2D eigenvalue weighted by Crippen LogP contribution is -2.34. The van der Waals surface area contributed by atoms with E-state index < -0.39 is 11.7 Å². The Labute approximate surface area is 162 Å². The van der Waals surface area contributed by atoms with E-state index in [-0.39, 0.29) is 29.2 Å². The van der Waals surface area contributed by atoms with Gasteiger partial charge in [0, 0.05) is 29.9 Å². The zero-order valence-corrected chi connectivity index (χ0v) is 15.7. The maximum absolute atomic E-state index is 14.5. The summed E-state index contributed by atoms with van der Waals surface area (Å²) in [5, 5.41) is 6.98. The first-order valence-electron chi connectivity index (χ1n) is 8.97. The number of nitrogens with zero attached hydrogens (tertiary/aromatic N) is 2. The molecule has 0 aliphatic carbocycles. The number of halogens is 1. The summed E-state index contributed by atoms with van der Waals surface area (Å²) in [7, 11) is 0. The predicted octanol–water partition coefficient (Wildman–Crippen LogP) is 3.01. The highest BCUT2D eigenvalue weighted by Crippen LogP contribution is 2.26. The van der Waals surface area contributed by atoms with Crippen LogP contribution in [0.1, 0.15) is 24.2 Å². The molecule has 0 radical (unpaired) electrons. The first-order valence-corrected chi connectivity index (χ1v) is 8.97. The van der Waals surface area contributed by atoms with Gasteiger partial charge in [-0.2, -0.15) is 0 Å². The van der Waals surface area contributed by atoms with Crippen molar-refractivity contribution in [2.75, 3.05) is 17.2 Å². The quantitative estimate of drug-likeness (QED) is 0.499. The number of pyridine rings is 2. The zero-order valence-electron chi connectivity index (χ0n) is 15.7. The van der Waals surface area contributed by atoms with Crippen molar-refractivity contribution < 1.29 is 9.18 Å². The third-order valence-corrected chi connectivity index (χ3v) is 4.49. The molecule has 8 heteroatoms. The number of anilines is 3. The Morgan fingerprint density at radius 1 is 1.21 bits per heavy atom. The van der Waals surface area contributed by atoms with Crippen LogP contribution in [0.4, 0.5) is 21.7 Å². The Bertz CT molecular complexity index is 1010. The lowest BCUT2D eigenvalue weighted by atomic mass is 10.0. The average molecular weight is 382 g/mol. The van der Waals surface area contributed by atoms with Gasteiger partial charge in [0.1, 0.15) is 5.82 Å². The van der Waals surface area contributed by atoms with Crippen LogP contribution in [0.5, 0.6) is 0 Å². The van der Waals surface area contributed by atoms with Crippen LogP contribution in [0.25, 0.3) is 10.9 Å². The molecular weight excluding hydrogens is 359 g/mol. The molecule has 0 bridgehead atoms. The zero-order chi connectivity index (χ0) is 20.3. The summed E-state index contributed by atoms with van der Waals surface area (Å²) in [5.74, 6) is -1.09. The van der Waals surface area contributed by atoms with Crippen LogP contribution >= 0.6 is 0 Å². The molecule has 146 valence electrons. The number of fused-ring (bicyclic) bond motifs is 1. The number of rotatable bonds is 7. The SMILES string of the molecule is CC(C)[C@H](CN)Nc1nc(Nc2ccc3ncccc3c2)c(C(N)=O)cc1F. The summed E-state index contributed by atoms with van der Waals surface area (Å²) in [4.78, 5) is 20.3. The highest BCUT2D eigenvalue weighted by Gasteiger charge is 2.19. The van der Waals surface area contributed by atoms with Crippen LogP contribution in [-0.2, 0) is 0 Å². The maximum atomic E-state index is 14.5. The molecule has 7 nitrogen and oxygen atoms in total. The van der Waals surface area contributed by atoms with Gasteiger partial charge < -0.3 is 22.1 Å².